The molecular formula is C14H20N2O. The molecule has 2 rings (SSSR count). The summed E-state index contributed by atoms with van der Waals surface area (Å²) >= 11 is 0. The lowest BCUT2D eigenvalue weighted by atomic mass is 10.0. The van der Waals surface area contributed by atoms with E-state index in [9.17, 15) is 5.11 Å². The molecule has 1 aromatic carbocycles. The van der Waals surface area contributed by atoms with E-state index in [4.69, 9.17) is 0 Å². The first kappa shape index (κ1) is 12.1. The molecule has 1 aromatic heterocycles. The van der Waals surface area contributed by atoms with Gasteiger partial charge in [0, 0.05) is 0 Å². The first-order chi connectivity index (χ1) is 7.93. The van der Waals surface area contributed by atoms with Gasteiger partial charge >= 0.3 is 0 Å². The van der Waals surface area contributed by atoms with E-state index >= 15 is 0 Å². The number of hydrogen-bond donors (Lipinski definition) is 1. The lowest BCUT2D eigenvalue weighted by Crippen LogP contribution is -2.29. The molecule has 17 heavy (non-hydrogen) atoms. The number of imidazole rings is 1. The first-order valence-electron chi connectivity index (χ1n) is 6.07. The minimum Gasteiger partial charge on any atom is -0.388 e. The highest BCUT2D eigenvalue weighted by Crippen LogP contribution is 2.21. The van der Waals surface area contributed by atoms with Crippen LogP contribution in [0.3, 0.4) is 0 Å². The third kappa shape index (κ3) is 2.34. The fourth-order valence-electron chi connectivity index (χ4n) is 1.92. The van der Waals surface area contributed by atoms with E-state index in [2.05, 4.69) is 31.0 Å². The van der Waals surface area contributed by atoms with Gasteiger partial charge in [0.05, 0.1) is 29.5 Å². The maximum atomic E-state index is 10.1. The van der Waals surface area contributed by atoms with Crippen LogP contribution in [0.2, 0.25) is 0 Å². The molecule has 0 aliphatic heterocycles. The molecular weight excluding hydrogens is 212 g/mol. The first-order valence-corrected chi connectivity index (χ1v) is 6.07. The predicted octanol–water partition coefficient (Wildman–Crippen LogP) is 2.81. The third-order valence-corrected chi connectivity index (χ3v) is 3.51. The van der Waals surface area contributed by atoms with Crippen molar-refractivity contribution >= 4 is 11.0 Å². The highest BCUT2D eigenvalue weighted by atomic mass is 16.3. The van der Waals surface area contributed by atoms with Crippen LogP contribution in [0.4, 0.5) is 0 Å². The van der Waals surface area contributed by atoms with E-state index in [0.29, 0.717) is 6.54 Å². The molecule has 3 heteroatoms. The van der Waals surface area contributed by atoms with Gasteiger partial charge in [-0.25, -0.2) is 4.98 Å². The minimum absolute atomic E-state index is 0.586. The van der Waals surface area contributed by atoms with Crippen LogP contribution >= 0.6 is 0 Å². The summed E-state index contributed by atoms with van der Waals surface area (Å²) in [6.45, 7) is 8.64. The number of fused-ring (bicyclic) bond motifs is 1. The van der Waals surface area contributed by atoms with Crippen molar-refractivity contribution in [2.45, 2.75) is 46.3 Å². The molecule has 0 radical (unpaired) electrons. The minimum atomic E-state index is -0.674. The van der Waals surface area contributed by atoms with Crippen molar-refractivity contribution in [1.29, 1.82) is 0 Å². The lowest BCUT2D eigenvalue weighted by Gasteiger charge is -2.22. The average Bonchev–Trinajstić information content (AvgIpc) is 2.62. The van der Waals surface area contributed by atoms with Gasteiger partial charge in [-0.05, 0) is 50.5 Å². The Balaban J connectivity index is 2.46. The Morgan fingerprint density at radius 2 is 1.94 bits per heavy atom. The second-order valence-corrected chi connectivity index (χ2v) is 5.15. The highest BCUT2D eigenvalue weighted by Gasteiger charge is 2.19. The van der Waals surface area contributed by atoms with Crippen LogP contribution < -0.4 is 0 Å². The van der Waals surface area contributed by atoms with Gasteiger partial charge in [-0.2, -0.15) is 0 Å². The van der Waals surface area contributed by atoms with Crippen LogP contribution in [0.25, 0.3) is 11.0 Å². The van der Waals surface area contributed by atoms with E-state index in [1.54, 1.807) is 0 Å². The smallest absolute Gasteiger partial charge is 0.0959 e. The van der Waals surface area contributed by atoms with Crippen molar-refractivity contribution < 1.29 is 5.11 Å². The van der Waals surface area contributed by atoms with Crippen LogP contribution in [-0.2, 0) is 6.54 Å². The van der Waals surface area contributed by atoms with Crippen molar-refractivity contribution in [3.8, 4) is 0 Å². The maximum Gasteiger partial charge on any atom is 0.0959 e. The van der Waals surface area contributed by atoms with Crippen LogP contribution in [0, 0.1) is 13.8 Å². The Morgan fingerprint density at radius 1 is 1.29 bits per heavy atom. The fourth-order valence-corrected chi connectivity index (χ4v) is 1.92. The molecule has 0 fully saturated rings. The van der Waals surface area contributed by atoms with E-state index < -0.39 is 5.60 Å². The highest BCUT2D eigenvalue weighted by molar-refractivity contribution is 5.77. The van der Waals surface area contributed by atoms with E-state index in [0.717, 1.165) is 17.5 Å². The monoisotopic (exact) mass is 232 g/mol. The molecule has 0 aliphatic rings. The Hall–Kier alpha value is -1.35. The molecule has 0 saturated heterocycles. The predicted molar refractivity (Wildman–Crippen MR) is 70.1 cm³/mol. The van der Waals surface area contributed by atoms with Crippen molar-refractivity contribution in [3.63, 3.8) is 0 Å². The normalized spacial score (nSPS) is 15.1. The zero-order chi connectivity index (χ0) is 12.6. The number of hydrogen-bond acceptors (Lipinski definition) is 2. The van der Waals surface area contributed by atoms with E-state index in [-0.39, 0.29) is 0 Å². The topological polar surface area (TPSA) is 38.0 Å². The fraction of sp³-hybridized carbons (Fsp3) is 0.500. The second-order valence-electron chi connectivity index (χ2n) is 5.15. The third-order valence-electron chi connectivity index (χ3n) is 3.51. The zero-order valence-corrected chi connectivity index (χ0v) is 11.0. The Morgan fingerprint density at radius 3 is 2.59 bits per heavy atom. The molecule has 0 spiro atoms. The van der Waals surface area contributed by atoms with Gasteiger partial charge in [0.1, 0.15) is 0 Å². The molecule has 1 unspecified atom stereocenters. The van der Waals surface area contributed by atoms with Gasteiger partial charge in [-0.15, -0.1) is 0 Å². The van der Waals surface area contributed by atoms with Crippen molar-refractivity contribution in [1.82, 2.24) is 9.55 Å². The average molecular weight is 232 g/mol. The molecule has 0 aliphatic carbocycles. The summed E-state index contributed by atoms with van der Waals surface area (Å²) in [5.74, 6) is 0. The number of nitrogens with zero attached hydrogens (tertiary/aromatic N) is 2. The van der Waals surface area contributed by atoms with Gasteiger partial charge in [0.25, 0.3) is 0 Å². The van der Waals surface area contributed by atoms with E-state index in [1.165, 1.54) is 11.1 Å². The summed E-state index contributed by atoms with van der Waals surface area (Å²) < 4.78 is 2.03. The van der Waals surface area contributed by atoms with Gasteiger partial charge in [0.15, 0.2) is 0 Å². The van der Waals surface area contributed by atoms with Crippen LogP contribution in [0.15, 0.2) is 18.5 Å². The summed E-state index contributed by atoms with van der Waals surface area (Å²) in [7, 11) is 0. The zero-order valence-electron chi connectivity index (χ0n) is 11.0. The molecule has 92 valence electrons. The molecule has 3 nitrogen and oxygen atoms in total. The SMILES string of the molecule is CCC(C)(O)Cn1cnc2cc(C)c(C)cc21. The quantitative estimate of drug-likeness (QED) is 0.883. The summed E-state index contributed by atoms with van der Waals surface area (Å²) in [4.78, 5) is 4.39. The van der Waals surface area contributed by atoms with Crippen molar-refractivity contribution in [3.05, 3.63) is 29.6 Å². The molecule has 2 aromatic rings. The van der Waals surface area contributed by atoms with Crippen LogP contribution in [0.1, 0.15) is 31.4 Å². The largest absolute Gasteiger partial charge is 0.388 e. The van der Waals surface area contributed by atoms with Crippen molar-refractivity contribution in [2.75, 3.05) is 0 Å². The van der Waals surface area contributed by atoms with Crippen LogP contribution in [-0.4, -0.2) is 20.3 Å². The molecule has 1 heterocycles. The maximum absolute atomic E-state index is 10.1. The van der Waals surface area contributed by atoms with Gasteiger partial charge in [-0.3, -0.25) is 0 Å². The Kier molecular flexibility index (Phi) is 2.96. The number of aromatic nitrogens is 2. The Labute approximate surface area is 102 Å². The standard InChI is InChI=1S/C14H20N2O/c1-5-14(4,17)8-16-9-15-12-6-10(2)11(3)7-13(12)16/h6-7,9,17H,5,8H2,1-4H3. The molecule has 1 N–H and O–H groups in total. The lowest BCUT2D eigenvalue weighted by molar-refractivity contribution is 0.0390. The van der Waals surface area contributed by atoms with Crippen molar-refractivity contribution in [2.24, 2.45) is 0 Å². The molecule has 1 atom stereocenters. The molecule has 0 amide bonds. The van der Waals surface area contributed by atoms with Gasteiger partial charge < -0.3 is 9.67 Å². The molecule has 0 bridgehead atoms. The van der Waals surface area contributed by atoms with Gasteiger partial charge in [0.2, 0.25) is 0 Å². The number of rotatable bonds is 3. The van der Waals surface area contributed by atoms with E-state index in [1.807, 2.05) is 24.7 Å². The summed E-state index contributed by atoms with van der Waals surface area (Å²) in [5, 5.41) is 10.1. The van der Waals surface area contributed by atoms with Crippen LogP contribution in [0.5, 0.6) is 0 Å². The second kappa shape index (κ2) is 4.15. The van der Waals surface area contributed by atoms with Gasteiger partial charge in [-0.1, -0.05) is 6.92 Å². The summed E-state index contributed by atoms with van der Waals surface area (Å²) in [6, 6.07) is 4.24. The number of aliphatic hydroxyl groups is 1. The molecule has 0 saturated carbocycles. The Bertz CT molecular complexity index is 540. The summed E-state index contributed by atoms with van der Waals surface area (Å²) in [5.41, 5.74) is 3.94. The number of aryl methyl sites for hydroxylation is 2. The number of benzene rings is 1. The summed E-state index contributed by atoms with van der Waals surface area (Å²) in [6.07, 6.45) is 2.55.